The quantitative estimate of drug-likeness (QED) is 0.0261. The Kier molecular flexibility index (Phi) is 56.6. The van der Waals surface area contributed by atoms with E-state index in [0.717, 1.165) is 167 Å². The molecule has 0 rings (SSSR count). The number of ether oxygens (including phenoxy) is 3. The van der Waals surface area contributed by atoms with E-state index in [9.17, 15) is 14.4 Å². The van der Waals surface area contributed by atoms with Crippen LogP contribution in [0.1, 0.15) is 213 Å². The fourth-order valence-corrected chi connectivity index (χ4v) is 7.11. The summed E-state index contributed by atoms with van der Waals surface area (Å²) in [5.74, 6) is -1.04. The van der Waals surface area contributed by atoms with Gasteiger partial charge in [-0.2, -0.15) is 0 Å². The lowest BCUT2D eigenvalue weighted by atomic mass is 10.1. The molecule has 75 heavy (non-hydrogen) atoms. The van der Waals surface area contributed by atoms with Crippen LogP contribution in [-0.2, 0) is 28.6 Å². The van der Waals surface area contributed by atoms with Crippen molar-refractivity contribution in [2.24, 2.45) is 0 Å². The van der Waals surface area contributed by atoms with Crippen LogP contribution in [0.25, 0.3) is 0 Å². The number of unbranched alkanes of at least 4 members (excludes halogenated alkanes) is 9. The van der Waals surface area contributed by atoms with Gasteiger partial charge in [0.15, 0.2) is 6.10 Å². The van der Waals surface area contributed by atoms with E-state index in [0.29, 0.717) is 19.3 Å². The zero-order valence-electron chi connectivity index (χ0n) is 47.5. The summed E-state index contributed by atoms with van der Waals surface area (Å²) in [7, 11) is 0. The Balaban J connectivity index is 4.63. The average Bonchev–Trinajstić information content (AvgIpc) is 3.41. The first-order chi connectivity index (χ1) is 37.0. The van der Waals surface area contributed by atoms with Crippen LogP contribution in [0.3, 0.4) is 0 Å². The van der Waals surface area contributed by atoms with Crippen molar-refractivity contribution in [2.75, 3.05) is 13.2 Å². The van der Waals surface area contributed by atoms with E-state index in [1.165, 1.54) is 0 Å². The lowest BCUT2D eigenvalue weighted by molar-refractivity contribution is -0.167. The monoisotopic (exact) mass is 1030 g/mol. The van der Waals surface area contributed by atoms with Crippen LogP contribution < -0.4 is 0 Å². The first-order valence-corrected chi connectivity index (χ1v) is 29.3. The van der Waals surface area contributed by atoms with Crippen molar-refractivity contribution in [1.82, 2.24) is 0 Å². The molecule has 0 radical (unpaired) electrons. The van der Waals surface area contributed by atoms with Crippen molar-refractivity contribution in [3.63, 3.8) is 0 Å². The zero-order chi connectivity index (χ0) is 54.3. The van der Waals surface area contributed by atoms with Gasteiger partial charge in [-0.1, -0.05) is 222 Å². The Labute approximate surface area is 459 Å². The predicted molar refractivity (Wildman–Crippen MR) is 324 cm³/mol. The molecule has 0 N–H and O–H groups in total. The van der Waals surface area contributed by atoms with Gasteiger partial charge < -0.3 is 14.2 Å². The number of carbonyl (C=O) groups excluding carboxylic acids is 3. The Morgan fingerprint density at radius 2 is 0.480 bits per heavy atom. The summed E-state index contributed by atoms with van der Waals surface area (Å²) in [6.07, 6.45) is 91.6. The standard InChI is InChI=1S/C69H104O6/c1-4-7-10-13-16-19-22-25-28-31-34-37-40-43-46-49-52-55-58-61-67(70)73-64-66(75-69(72)63-60-57-54-51-48-45-42-39-36-33-30-27-24-21-18-15-12-9-6-3)65-74-68(71)62-59-56-53-50-47-44-41-38-35-32-29-26-23-20-17-14-11-8-5-2/h7-12,16-21,25-30,34-39,43-48,66H,4-6,13-15,22-24,31-33,40-42,49-65H2,1-3H3/b10-7-,11-8-,12-9-,19-16-,20-17-,21-18-,28-25-,29-26-,30-27-,37-34-,38-35-,39-36-,46-43-,47-44-,48-45-. The number of hydrogen-bond acceptors (Lipinski definition) is 6. The second-order valence-corrected chi connectivity index (χ2v) is 18.4. The topological polar surface area (TPSA) is 78.9 Å². The van der Waals surface area contributed by atoms with E-state index in [2.05, 4.69) is 203 Å². The fraction of sp³-hybridized carbons (Fsp3) is 0.522. The molecule has 0 atom stereocenters. The first-order valence-electron chi connectivity index (χ1n) is 29.3. The van der Waals surface area contributed by atoms with E-state index in [-0.39, 0.29) is 37.5 Å². The molecule has 0 saturated carbocycles. The molecule has 416 valence electrons. The van der Waals surface area contributed by atoms with Gasteiger partial charge in [0.1, 0.15) is 13.2 Å². The minimum atomic E-state index is -0.836. The minimum absolute atomic E-state index is 0.130. The summed E-state index contributed by atoms with van der Waals surface area (Å²) >= 11 is 0. The Hall–Kier alpha value is -5.49. The number of allylic oxidation sites excluding steroid dienone is 30. The molecular weight excluding hydrogens is 925 g/mol. The molecule has 0 aliphatic carbocycles. The molecule has 0 aromatic rings. The molecule has 0 saturated heterocycles. The number of rotatable bonds is 50. The smallest absolute Gasteiger partial charge is 0.306 e. The van der Waals surface area contributed by atoms with Gasteiger partial charge in [-0.15, -0.1) is 0 Å². The van der Waals surface area contributed by atoms with Gasteiger partial charge in [0.25, 0.3) is 0 Å². The largest absolute Gasteiger partial charge is 0.462 e. The third-order valence-corrected chi connectivity index (χ3v) is 11.4. The normalized spacial score (nSPS) is 13.1. The van der Waals surface area contributed by atoms with E-state index in [1.54, 1.807) is 0 Å². The molecule has 0 bridgehead atoms. The molecular formula is C69H104O6. The highest BCUT2D eigenvalue weighted by atomic mass is 16.6. The van der Waals surface area contributed by atoms with E-state index in [1.807, 2.05) is 0 Å². The molecule has 0 aromatic carbocycles. The van der Waals surface area contributed by atoms with E-state index in [4.69, 9.17) is 14.2 Å². The van der Waals surface area contributed by atoms with Crippen LogP contribution in [0.15, 0.2) is 182 Å². The minimum Gasteiger partial charge on any atom is -0.462 e. The van der Waals surface area contributed by atoms with Crippen molar-refractivity contribution in [2.45, 2.75) is 219 Å². The highest BCUT2D eigenvalue weighted by molar-refractivity contribution is 5.71. The molecule has 0 aliphatic rings. The summed E-state index contributed by atoms with van der Waals surface area (Å²) in [5, 5.41) is 0. The SMILES string of the molecule is CC/C=C\C/C=C\C/C=C\C/C=C\C/C=C\CCCCCC(=O)OCC(COC(=O)CCCCC/C=C\C/C=C\C/C=C\C/C=C\C/C=C\CC)OC(=O)CCCCC/C=C\C/C=C\C/C=C\C/C=C\C/C=C\CC. The highest BCUT2D eigenvalue weighted by Gasteiger charge is 2.19. The van der Waals surface area contributed by atoms with E-state index < -0.39 is 6.10 Å². The third-order valence-electron chi connectivity index (χ3n) is 11.4. The summed E-state index contributed by atoms with van der Waals surface area (Å²) in [5.41, 5.74) is 0. The average molecular weight is 1030 g/mol. The van der Waals surface area contributed by atoms with Gasteiger partial charge in [-0.05, 0) is 154 Å². The van der Waals surface area contributed by atoms with Crippen molar-refractivity contribution in [3.8, 4) is 0 Å². The van der Waals surface area contributed by atoms with Gasteiger partial charge in [0.2, 0.25) is 0 Å². The van der Waals surface area contributed by atoms with Gasteiger partial charge in [-0.3, -0.25) is 14.4 Å². The van der Waals surface area contributed by atoms with Gasteiger partial charge in [0.05, 0.1) is 0 Å². The van der Waals surface area contributed by atoms with Crippen molar-refractivity contribution < 1.29 is 28.6 Å². The summed E-state index contributed by atoms with van der Waals surface area (Å²) in [4.78, 5) is 38.2. The molecule has 0 spiro atoms. The highest BCUT2D eigenvalue weighted by Crippen LogP contribution is 2.11. The molecule has 0 heterocycles. The van der Waals surface area contributed by atoms with Crippen LogP contribution in [0.5, 0.6) is 0 Å². The third kappa shape index (κ3) is 59.3. The predicted octanol–water partition coefficient (Wildman–Crippen LogP) is 20.1. The summed E-state index contributed by atoms with van der Waals surface area (Å²) in [6, 6.07) is 0. The molecule has 0 amide bonds. The van der Waals surface area contributed by atoms with Crippen LogP contribution in [0.4, 0.5) is 0 Å². The first kappa shape index (κ1) is 69.5. The molecule has 0 aliphatic heterocycles. The Morgan fingerprint density at radius 1 is 0.267 bits per heavy atom. The summed E-state index contributed by atoms with van der Waals surface area (Å²) in [6.45, 7) is 6.19. The van der Waals surface area contributed by atoms with Gasteiger partial charge >= 0.3 is 17.9 Å². The van der Waals surface area contributed by atoms with E-state index >= 15 is 0 Å². The Bertz CT molecular complexity index is 1710. The van der Waals surface area contributed by atoms with Crippen LogP contribution in [-0.4, -0.2) is 37.2 Å². The number of carbonyl (C=O) groups is 3. The van der Waals surface area contributed by atoms with Crippen molar-refractivity contribution in [3.05, 3.63) is 182 Å². The second-order valence-electron chi connectivity index (χ2n) is 18.4. The Morgan fingerprint density at radius 3 is 0.720 bits per heavy atom. The number of esters is 3. The van der Waals surface area contributed by atoms with Crippen molar-refractivity contribution >= 4 is 17.9 Å². The molecule has 6 nitrogen and oxygen atoms in total. The number of hydrogen-bond donors (Lipinski definition) is 0. The second kappa shape index (κ2) is 61.1. The molecule has 0 fully saturated rings. The summed E-state index contributed by atoms with van der Waals surface area (Å²) < 4.78 is 16.8. The molecule has 6 heteroatoms. The lowest BCUT2D eigenvalue weighted by Crippen LogP contribution is -2.30. The fourth-order valence-electron chi connectivity index (χ4n) is 7.11. The van der Waals surface area contributed by atoms with Crippen LogP contribution in [0.2, 0.25) is 0 Å². The molecule has 0 unspecified atom stereocenters. The van der Waals surface area contributed by atoms with Crippen molar-refractivity contribution in [1.29, 1.82) is 0 Å². The lowest BCUT2D eigenvalue weighted by Gasteiger charge is -2.18. The molecule has 0 aromatic heterocycles. The van der Waals surface area contributed by atoms with Crippen LogP contribution in [0, 0.1) is 0 Å². The maximum absolute atomic E-state index is 12.9. The van der Waals surface area contributed by atoms with Gasteiger partial charge in [0, 0.05) is 19.3 Å². The maximum Gasteiger partial charge on any atom is 0.306 e. The zero-order valence-corrected chi connectivity index (χ0v) is 47.5. The maximum atomic E-state index is 12.9. The van der Waals surface area contributed by atoms with Gasteiger partial charge in [-0.25, -0.2) is 0 Å². The van der Waals surface area contributed by atoms with Crippen LogP contribution >= 0.6 is 0 Å².